The van der Waals surface area contributed by atoms with Crippen molar-refractivity contribution < 1.29 is 27.7 Å². The summed E-state index contributed by atoms with van der Waals surface area (Å²) in [6, 6.07) is 12.4. The number of nitrogens with zero attached hydrogens (tertiary/aromatic N) is 2. The number of rotatable bonds is 8. The molecule has 2 aromatic carbocycles. The van der Waals surface area contributed by atoms with Gasteiger partial charge in [-0.1, -0.05) is 38.1 Å². The van der Waals surface area contributed by atoms with Crippen LogP contribution in [0.4, 0.5) is 11.4 Å². The van der Waals surface area contributed by atoms with E-state index in [1.807, 2.05) is 13.8 Å². The van der Waals surface area contributed by atoms with Crippen LogP contribution in [0.25, 0.3) is 0 Å². The van der Waals surface area contributed by atoms with E-state index in [1.54, 1.807) is 24.3 Å². The van der Waals surface area contributed by atoms with Crippen molar-refractivity contribution in [2.75, 3.05) is 25.0 Å². The molecule has 1 aliphatic rings. The second kappa shape index (κ2) is 10.7. The fourth-order valence-electron chi connectivity index (χ4n) is 3.68. The van der Waals surface area contributed by atoms with E-state index in [-0.39, 0.29) is 42.2 Å². The summed E-state index contributed by atoms with van der Waals surface area (Å²) < 4.78 is 32.3. The minimum absolute atomic E-state index is 0.00786. The lowest BCUT2D eigenvalue weighted by atomic mass is 9.98. The van der Waals surface area contributed by atoms with Gasteiger partial charge in [-0.15, -0.1) is 0 Å². The average molecular weight is 490 g/mol. The van der Waals surface area contributed by atoms with Gasteiger partial charge in [0.1, 0.15) is 5.69 Å². The van der Waals surface area contributed by atoms with E-state index >= 15 is 0 Å². The van der Waals surface area contributed by atoms with Crippen LogP contribution in [-0.4, -0.2) is 49.2 Å². The highest BCUT2D eigenvalue weighted by Crippen LogP contribution is 2.26. The number of benzene rings is 2. The number of carbonyl (C=O) groups excluding carboxylic acids is 2. The lowest BCUT2D eigenvalue weighted by Gasteiger charge is -2.30. The summed E-state index contributed by atoms with van der Waals surface area (Å²) in [4.78, 5) is 35.1. The fourth-order valence-corrected chi connectivity index (χ4v) is 5.15. The number of esters is 1. The third kappa shape index (κ3) is 5.97. The first-order valence-corrected chi connectivity index (χ1v) is 12.3. The number of nitro benzene ring substituents is 1. The first kappa shape index (κ1) is 25.3. The Labute approximate surface area is 198 Å². The average Bonchev–Trinajstić information content (AvgIpc) is 2.83. The number of sulfonamides is 1. The zero-order chi connectivity index (χ0) is 24.9. The minimum atomic E-state index is -3.66. The van der Waals surface area contributed by atoms with Crippen LogP contribution in [0.3, 0.4) is 0 Å². The van der Waals surface area contributed by atoms with Crippen LogP contribution in [0.15, 0.2) is 53.4 Å². The largest absolute Gasteiger partial charge is 0.455 e. The predicted molar refractivity (Wildman–Crippen MR) is 125 cm³/mol. The third-order valence-corrected chi connectivity index (χ3v) is 7.61. The van der Waals surface area contributed by atoms with E-state index in [0.29, 0.717) is 5.92 Å². The quantitative estimate of drug-likeness (QED) is 0.341. The van der Waals surface area contributed by atoms with Gasteiger partial charge in [0, 0.05) is 19.2 Å². The normalized spacial score (nSPS) is 15.1. The molecule has 0 aliphatic carbocycles. The first-order valence-electron chi connectivity index (χ1n) is 10.9. The minimum Gasteiger partial charge on any atom is -0.455 e. The molecule has 0 radical (unpaired) electrons. The lowest BCUT2D eigenvalue weighted by molar-refractivity contribution is -0.383. The van der Waals surface area contributed by atoms with Crippen molar-refractivity contribution in [1.29, 1.82) is 0 Å². The summed E-state index contributed by atoms with van der Waals surface area (Å²) in [6.45, 7) is 3.80. The Morgan fingerprint density at radius 3 is 2.32 bits per heavy atom. The highest BCUT2D eigenvalue weighted by Gasteiger charge is 2.33. The molecule has 34 heavy (non-hydrogen) atoms. The summed E-state index contributed by atoms with van der Waals surface area (Å²) in [5.74, 6) is -1.54. The molecule has 0 saturated carbocycles. The molecule has 2 aromatic rings. The van der Waals surface area contributed by atoms with Gasteiger partial charge in [0.2, 0.25) is 10.0 Å². The van der Waals surface area contributed by atoms with Gasteiger partial charge >= 0.3 is 5.97 Å². The first-order chi connectivity index (χ1) is 16.1. The van der Waals surface area contributed by atoms with E-state index in [1.165, 1.54) is 28.6 Å². The van der Waals surface area contributed by atoms with Gasteiger partial charge in [-0.05, 0) is 42.5 Å². The van der Waals surface area contributed by atoms with E-state index in [0.717, 1.165) is 5.56 Å². The lowest BCUT2D eigenvalue weighted by Crippen LogP contribution is -2.40. The van der Waals surface area contributed by atoms with Crippen molar-refractivity contribution in [2.45, 2.75) is 37.5 Å². The number of para-hydroxylation sites is 2. The molecule has 1 N–H and O–H groups in total. The van der Waals surface area contributed by atoms with Crippen molar-refractivity contribution in [3.63, 3.8) is 0 Å². The molecule has 0 atom stereocenters. The van der Waals surface area contributed by atoms with Crippen molar-refractivity contribution in [1.82, 2.24) is 4.31 Å². The molecule has 0 aromatic heterocycles. The highest BCUT2D eigenvalue weighted by atomic mass is 32.2. The molecule has 0 spiro atoms. The number of hydrogen-bond acceptors (Lipinski definition) is 7. The molecular weight excluding hydrogens is 462 g/mol. The number of anilines is 1. The van der Waals surface area contributed by atoms with Crippen LogP contribution < -0.4 is 5.32 Å². The molecule has 1 aliphatic heterocycles. The number of hydrogen-bond donors (Lipinski definition) is 1. The Morgan fingerprint density at radius 1 is 1.12 bits per heavy atom. The van der Waals surface area contributed by atoms with Gasteiger partial charge in [-0.25, -0.2) is 8.42 Å². The maximum Gasteiger partial charge on any atom is 0.309 e. The Hall–Kier alpha value is -3.31. The van der Waals surface area contributed by atoms with Crippen LogP contribution in [0.1, 0.15) is 38.2 Å². The maximum atomic E-state index is 12.9. The number of carbonyl (C=O) groups is 2. The van der Waals surface area contributed by atoms with Crippen molar-refractivity contribution in [3.8, 4) is 0 Å². The molecule has 11 heteroatoms. The number of ether oxygens (including phenoxy) is 1. The fraction of sp³-hybridized carbons (Fsp3) is 0.391. The van der Waals surface area contributed by atoms with E-state index < -0.39 is 39.3 Å². The number of nitrogens with one attached hydrogen (secondary N) is 1. The molecule has 1 amide bonds. The summed E-state index contributed by atoms with van der Waals surface area (Å²) in [6.07, 6.45) is 0.543. The van der Waals surface area contributed by atoms with Crippen LogP contribution in [0.5, 0.6) is 0 Å². The number of amides is 1. The second-order valence-corrected chi connectivity index (χ2v) is 10.3. The monoisotopic (exact) mass is 489 g/mol. The Balaban J connectivity index is 1.50. The van der Waals surface area contributed by atoms with E-state index in [4.69, 9.17) is 4.74 Å². The van der Waals surface area contributed by atoms with Gasteiger partial charge in [-0.3, -0.25) is 19.7 Å². The van der Waals surface area contributed by atoms with Crippen LogP contribution in [-0.2, 0) is 24.3 Å². The van der Waals surface area contributed by atoms with E-state index in [2.05, 4.69) is 5.32 Å². The summed E-state index contributed by atoms with van der Waals surface area (Å²) in [5.41, 5.74) is 0.786. The second-order valence-electron chi connectivity index (χ2n) is 8.33. The van der Waals surface area contributed by atoms with Gasteiger partial charge in [0.05, 0.1) is 15.7 Å². The molecule has 10 nitrogen and oxygen atoms in total. The summed E-state index contributed by atoms with van der Waals surface area (Å²) in [5, 5.41) is 13.4. The van der Waals surface area contributed by atoms with Crippen molar-refractivity contribution in [3.05, 3.63) is 64.2 Å². The molecule has 182 valence electrons. The predicted octanol–water partition coefficient (Wildman–Crippen LogP) is 3.30. The molecule has 3 rings (SSSR count). The standard InChI is InChI=1S/C23H27N3O7S/c1-16(2)17-7-9-19(10-8-17)34(31,32)25-13-11-18(12-14-25)23(28)33-15-22(27)24-20-5-3-4-6-21(20)26(29)30/h3-10,16,18H,11-15H2,1-2H3,(H,24,27). The number of nitro groups is 1. The molecular formula is C23H27N3O7S. The van der Waals surface area contributed by atoms with Crippen LogP contribution in [0.2, 0.25) is 0 Å². The Morgan fingerprint density at radius 2 is 1.74 bits per heavy atom. The molecule has 0 bridgehead atoms. The van der Waals surface area contributed by atoms with Crippen molar-refractivity contribution in [2.24, 2.45) is 5.92 Å². The smallest absolute Gasteiger partial charge is 0.309 e. The number of piperidine rings is 1. The van der Waals surface area contributed by atoms with Gasteiger partial charge in [0.15, 0.2) is 6.61 Å². The third-order valence-electron chi connectivity index (χ3n) is 5.69. The zero-order valence-corrected chi connectivity index (χ0v) is 19.8. The van der Waals surface area contributed by atoms with Crippen LogP contribution >= 0.6 is 0 Å². The zero-order valence-electron chi connectivity index (χ0n) is 19.0. The van der Waals surface area contributed by atoms with Gasteiger partial charge < -0.3 is 10.1 Å². The topological polar surface area (TPSA) is 136 Å². The van der Waals surface area contributed by atoms with E-state index in [9.17, 15) is 28.1 Å². The highest BCUT2D eigenvalue weighted by molar-refractivity contribution is 7.89. The molecule has 1 fully saturated rings. The van der Waals surface area contributed by atoms with Crippen molar-refractivity contribution >= 4 is 33.3 Å². The van der Waals surface area contributed by atoms with Crippen LogP contribution in [0, 0.1) is 16.0 Å². The molecule has 0 unspecified atom stereocenters. The molecule has 1 saturated heterocycles. The van der Waals surface area contributed by atoms with Gasteiger partial charge in [-0.2, -0.15) is 4.31 Å². The Kier molecular flexibility index (Phi) is 8.00. The SMILES string of the molecule is CC(C)c1ccc(S(=O)(=O)N2CCC(C(=O)OCC(=O)Nc3ccccc3[N+](=O)[O-])CC2)cc1. The summed E-state index contributed by atoms with van der Waals surface area (Å²) in [7, 11) is -3.66. The molecule has 1 heterocycles. The Bertz CT molecular complexity index is 1160. The summed E-state index contributed by atoms with van der Waals surface area (Å²) >= 11 is 0. The maximum absolute atomic E-state index is 12.9. The van der Waals surface area contributed by atoms with Gasteiger partial charge in [0.25, 0.3) is 11.6 Å².